The summed E-state index contributed by atoms with van der Waals surface area (Å²) in [7, 11) is 1.84. The van der Waals surface area contributed by atoms with E-state index in [-0.39, 0.29) is 0 Å². The average Bonchev–Trinajstić information content (AvgIpc) is 3.07. The van der Waals surface area contributed by atoms with E-state index in [9.17, 15) is 0 Å². The summed E-state index contributed by atoms with van der Waals surface area (Å²) < 4.78 is 5.49. The Hall–Kier alpha value is -0.490. The summed E-state index contributed by atoms with van der Waals surface area (Å²) in [5.41, 5.74) is 3.71. The molecule has 3 heterocycles. The third kappa shape index (κ3) is 3.78. The Morgan fingerprint density at radius 2 is 2.13 bits per heavy atom. The number of nitrogens with zero attached hydrogens (tertiary/aromatic N) is 3. The van der Waals surface area contributed by atoms with Gasteiger partial charge in [-0.05, 0) is 58.5 Å². The first-order chi connectivity index (χ1) is 11.0. The van der Waals surface area contributed by atoms with E-state index in [1.54, 1.807) is 11.3 Å². The number of piperidine rings is 1. The van der Waals surface area contributed by atoms with E-state index in [1.165, 1.54) is 49.5 Å². The Morgan fingerprint density at radius 3 is 2.70 bits per heavy atom. The van der Waals surface area contributed by atoms with Crippen LogP contribution in [0.3, 0.4) is 0 Å². The van der Waals surface area contributed by atoms with Gasteiger partial charge in [0.05, 0.1) is 17.8 Å². The standard InChI is InChI=1S/C18H31N3OS/c1-14(2)21-12-18(9-16(21)11-22-4)5-7-20(8-6-18)10-17-15(3)19-13-23-17/h13-14,16H,5-12H2,1-4H3/t16-/m0/s1. The highest BCUT2D eigenvalue weighted by molar-refractivity contribution is 7.09. The summed E-state index contributed by atoms with van der Waals surface area (Å²) in [6.45, 7) is 12.4. The average molecular weight is 338 g/mol. The number of aryl methyl sites for hydroxylation is 1. The largest absolute Gasteiger partial charge is 0.383 e. The summed E-state index contributed by atoms with van der Waals surface area (Å²) in [5.74, 6) is 0. The number of hydrogen-bond acceptors (Lipinski definition) is 5. The summed E-state index contributed by atoms with van der Waals surface area (Å²) in [5, 5.41) is 0. The fraction of sp³-hybridized carbons (Fsp3) is 0.833. The molecule has 3 rings (SSSR count). The van der Waals surface area contributed by atoms with Crippen LogP contribution in [0.5, 0.6) is 0 Å². The minimum absolute atomic E-state index is 0.521. The Kier molecular flexibility index (Phi) is 5.41. The lowest BCUT2D eigenvalue weighted by Crippen LogP contribution is -2.42. The maximum atomic E-state index is 5.49. The van der Waals surface area contributed by atoms with Crippen LogP contribution >= 0.6 is 11.3 Å². The molecule has 2 aliphatic rings. The second-order valence-electron chi connectivity index (χ2n) is 7.72. The van der Waals surface area contributed by atoms with Gasteiger partial charge in [-0.3, -0.25) is 9.80 Å². The van der Waals surface area contributed by atoms with Gasteiger partial charge in [0, 0.05) is 37.2 Å². The molecule has 130 valence electrons. The van der Waals surface area contributed by atoms with Crippen molar-refractivity contribution in [1.29, 1.82) is 0 Å². The predicted octanol–water partition coefficient (Wildman–Crippen LogP) is 3.16. The molecule has 2 saturated heterocycles. The second-order valence-corrected chi connectivity index (χ2v) is 8.66. The van der Waals surface area contributed by atoms with Crippen molar-refractivity contribution in [3.05, 3.63) is 16.1 Å². The number of ether oxygens (including phenoxy) is 1. The van der Waals surface area contributed by atoms with Gasteiger partial charge in [-0.25, -0.2) is 4.98 Å². The first-order valence-electron chi connectivity index (χ1n) is 8.89. The van der Waals surface area contributed by atoms with Crippen LogP contribution in [0.1, 0.15) is 43.7 Å². The zero-order chi connectivity index (χ0) is 16.4. The van der Waals surface area contributed by atoms with Crippen molar-refractivity contribution >= 4 is 11.3 Å². The summed E-state index contributed by atoms with van der Waals surface area (Å²) in [6.07, 6.45) is 3.97. The molecule has 23 heavy (non-hydrogen) atoms. The predicted molar refractivity (Wildman–Crippen MR) is 95.9 cm³/mol. The molecule has 0 radical (unpaired) electrons. The molecule has 0 amide bonds. The zero-order valence-electron chi connectivity index (χ0n) is 15.0. The summed E-state index contributed by atoms with van der Waals surface area (Å²) in [6, 6.07) is 1.22. The molecule has 0 saturated carbocycles. The molecule has 0 bridgehead atoms. The molecule has 1 aromatic rings. The molecule has 0 aromatic carbocycles. The van der Waals surface area contributed by atoms with Crippen molar-refractivity contribution in [3.63, 3.8) is 0 Å². The molecule has 1 spiro atoms. The molecular formula is C18H31N3OS. The SMILES string of the molecule is COC[C@@H]1CC2(CCN(Cc3scnc3C)CC2)CN1C(C)C. The molecule has 2 fully saturated rings. The fourth-order valence-electron chi connectivity index (χ4n) is 4.38. The first-order valence-corrected chi connectivity index (χ1v) is 9.77. The number of rotatable bonds is 5. The lowest BCUT2D eigenvalue weighted by Gasteiger charge is -2.39. The van der Waals surface area contributed by atoms with Crippen LogP contribution < -0.4 is 0 Å². The fourth-order valence-corrected chi connectivity index (χ4v) is 5.20. The van der Waals surface area contributed by atoms with E-state index < -0.39 is 0 Å². The topological polar surface area (TPSA) is 28.6 Å². The van der Waals surface area contributed by atoms with Gasteiger partial charge in [0.2, 0.25) is 0 Å². The highest BCUT2D eigenvalue weighted by Crippen LogP contribution is 2.44. The van der Waals surface area contributed by atoms with Crippen LogP contribution in [0, 0.1) is 12.3 Å². The molecule has 4 nitrogen and oxygen atoms in total. The van der Waals surface area contributed by atoms with E-state index >= 15 is 0 Å². The third-order valence-corrected chi connectivity index (χ3v) is 6.73. The molecule has 1 aromatic heterocycles. The quantitative estimate of drug-likeness (QED) is 0.825. The highest BCUT2D eigenvalue weighted by atomic mass is 32.1. The van der Waals surface area contributed by atoms with Gasteiger partial charge in [0.15, 0.2) is 0 Å². The second kappa shape index (κ2) is 7.18. The minimum atomic E-state index is 0.521. The van der Waals surface area contributed by atoms with Crippen LogP contribution in [0.4, 0.5) is 0 Å². The lowest BCUT2D eigenvalue weighted by atomic mass is 9.76. The van der Waals surface area contributed by atoms with Gasteiger partial charge in [0.25, 0.3) is 0 Å². The highest BCUT2D eigenvalue weighted by Gasteiger charge is 2.46. The Labute approximate surface area is 144 Å². The normalized spacial score (nSPS) is 25.7. The third-order valence-electron chi connectivity index (χ3n) is 5.81. The molecule has 0 unspecified atom stereocenters. The molecule has 0 N–H and O–H groups in total. The number of methoxy groups -OCH3 is 1. The van der Waals surface area contributed by atoms with Crippen molar-refractivity contribution in [1.82, 2.24) is 14.8 Å². The Bertz CT molecular complexity index is 508. The zero-order valence-corrected chi connectivity index (χ0v) is 15.9. The summed E-state index contributed by atoms with van der Waals surface area (Å²) >= 11 is 1.80. The van der Waals surface area contributed by atoms with Crippen molar-refractivity contribution < 1.29 is 4.74 Å². The van der Waals surface area contributed by atoms with Crippen LogP contribution in [-0.4, -0.2) is 60.2 Å². The van der Waals surface area contributed by atoms with E-state index in [2.05, 4.69) is 35.6 Å². The molecule has 2 aliphatic heterocycles. The van der Waals surface area contributed by atoms with E-state index in [1.807, 2.05) is 12.6 Å². The smallest absolute Gasteiger partial charge is 0.0798 e. The molecule has 0 aliphatic carbocycles. The molecule has 5 heteroatoms. The van der Waals surface area contributed by atoms with E-state index in [0.717, 1.165) is 13.2 Å². The van der Waals surface area contributed by atoms with E-state index in [4.69, 9.17) is 4.74 Å². The van der Waals surface area contributed by atoms with Crippen LogP contribution in [-0.2, 0) is 11.3 Å². The molecular weight excluding hydrogens is 306 g/mol. The van der Waals surface area contributed by atoms with Gasteiger partial charge in [-0.1, -0.05) is 0 Å². The maximum absolute atomic E-state index is 5.49. The van der Waals surface area contributed by atoms with Crippen LogP contribution in [0.15, 0.2) is 5.51 Å². The van der Waals surface area contributed by atoms with E-state index in [0.29, 0.717) is 17.5 Å². The van der Waals surface area contributed by atoms with Crippen LogP contribution in [0.25, 0.3) is 0 Å². The first kappa shape index (κ1) is 17.3. The Morgan fingerprint density at radius 1 is 1.39 bits per heavy atom. The molecule has 1 atom stereocenters. The monoisotopic (exact) mass is 337 g/mol. The number of hydrogen-bond donors (Lipinski definition) is 0. The minimum Gasteiger partial charge on any atom is -0.383 e. The summed E-state index contributed by atoms with van der Waals surface area (Å²) in [4.78, 5) is 11.1. The maximum Gasteiger partial charge on any atom is 0.0798 e. The van der Waals surface area contributed by atoms with Crippen molar-refractivity contribution in [2.75, 3.05) is 33.4 Å². The van der Waals surface area contributed by atoms with Crippen molar-refractivity contribution in [2.24, 2.45) is 5.41 Å². The number of aromatic nitrogens is 1. The van der Waals surface area contributed by atoms with Crippen molar-refractivity contribution in [2.45, 2.75) is 58.7 Å². The lowest BCUT2D eigenvalue weighted by molar-refractivity contribution is 0.0918. The van der Waals surface area contributed by atoms with Gasteiger partial charge in [0.1, 0.15) is 0 Å². The Balaban J connectivity index is 1.58. The van der Waals surface area contributed by atoms with Gasteiger partial charge >= 0.3 is 0 Å². The number of likely N-dealkylation sites (tertiary alicyclic amines) is 2. The van der Waals surface area contributed by atoms with Crippen LogP contribution in [0.2, 0.25) is 0 Å². The van der Waals surface area contributed by atoms with Gasteiger partial charge < -0.3 is 4.74 Å². The van der Waals surface area contributed by atoms with Gasteiger partial charge in [-0.15, -0.1) is 11.3 Å². The van der Waals surface area contributed by atoms with Crippen molar-refractivity contribution in [3.8, 4) is 0 Å². The number of thiazole rings is 1. The van der Waals surface area contributed by atoms with Gasteiger partial charge in [-0.2, -0.15) is 0 Å².